The molecule has 1 aliphatic heterocycles. The topological polar surface area (TPSA) is 123 Å². The minimum absolute atomic E-state index is 0.153. The van der Waals surface area contributed by atoms with Crippen LogP contribution in [-0.4, -0.2) is 53.6 Å². The number of likely N-dealkylation sites (tertiary alicyclic amines) is 1. The van der Waals surface area contributed by atoms with E-state index in [-0.39, 0.29) is 29.7 Å². The predicted molar refractivity (Wildman–Crippen MR) is 137 cm³/mol. The Hall–Kier alpha value is -3.75. The van der Waals surface area contributed by atoms with Crippen molar-refractivity contribution < 1.29 is 23.9 Å². The van der Waals surface area contributed by atoms with E-state index < -0.39 is 11.5 Å². The van der Waals surface area contributed by atoms with Gasteiger partial charge in [0, 0.05) is 35.9 Å². The van der Waals surface area contributed by atoms with Crippen LogP contribution in [0.2, 0.25) is 0 Å². The lowest BCUT2D eigenvalue weighted by Gasteiger charge is -2.24. The predicted octanol–water partition coefficient (Wildman–Crippen LogP) is 4.11. The van der Waals surface area contributed by atoms with Crippen LogP contribution >= 0.6 is 0 Å². The zero-order valence-electron chi connectivity index (χ0n) is 21.2. The van der Waals surface area contributed by atoms with Crippen LogP contribution < -0.4 is 21.1 Å². The van der Waals surface area contributed by atoms with Gasteiger partial charge in [-0.2, -0.15) is 0 Å². The summed E-state index contributed by atoms with van der Waals surface area (Å²) in [5.41, 5.74) is 7.97. The standard InChI is InChI=1S/C27H34N4O5/c1-16-5-6-17(24(32)29-18-7-8-18)13-23(16)30-25(33)21-14-19(9-10-22(21)28)35-20-11-12-31(15-20)26(34)36-27(2,3)4/h5-6,9-10,13-14,18,20H,7-8,11-12,15,28H2,1-4H3,(H,29,32)(H,30,33)/t20-/m1/s1. The van der Waals surface area contributed by atoms with Crippen molar-refractivity contribution in [1.82, 2.24) is 10.2 Å². The SMILES string of the molecule is Cc1ccc(C(=O)NC2CC2)cc1NC(=O)c1cc(O[C@@H]2CCN(C(=O)OC(C)(C)C)C2)ccc1N. The van der Waals surface area contributed by atoms with Gasteiger partial charge in [0.15, 0.2) is 0 Å². The molecule has 1 heterocycles. The molecule has 9 heteroatoms. The molecule has 2 aliphatic rings. The quantitative estimate of drug-likeness (QED) is 0.520. The Morgan fingerprint density at radius 2 is 1.78 bits per heavy atom. The van der Waals surface area contributed by atoms with E-state index in [2.05, 4.69) is 10.6 Å². The number of ether oxygens (including phenoxy) is 2. The van der Waals surface area contributed by atoms with E-state index in [1.165, 1.54) is 0 Å². The van der Waals surface area contributed by atoms with E-state index in [0.717, 1.165) is 18.4 Å². The van der Waals surface area contributed by atoms with Crippen molar-refractivity contribution in [2.24, 2.45) is 0 Å². The summed E-state index contributed by atoms with van der Waals surface area (Å²) in [6.07, 6.45) is 2.06. The summed E-state index contributed by atoms with van der Waals surface area (Å²) in [7, 11) is 0. The van der Waals surface area contributed by atoms with Gasteiger partial charge in [0.1, 0.15) is 17.5 Å². The molecule has 3 amide bonds. The number of carbonyl (C=O) groups excluding carboxylic acids is 3. The lowest BCUT2D eigenvalue weighted by Crippen LogP contribution is -2.36. The molecule has 0 radical (unpaired) electrons. The molecule has 0 aromatic heterocycles. The summed E-state index contributed by atoms with van der Waals surface area (Å²) in [4.78, 5) is 39.5. The average Bonchev–Trinajstić information content (AvgIpc) is 3.49. The van der Waals surface area contributed by atoms with Gasteiger partial charge in [0.05, 0.1) is 12.1 Å². The molecule has 2 aromatic carbocycles. The normalized spacial score (nSPS) is 17.4. The van der Waals surface area contributed by atoms with Crippen LogP contribution in [0.25, 0.3) is 0 Å². The van der Waals surface area contributed by atoms with Crippen molar-refractivity contribution in [3.8, 4) is 5.75 Å². The van der Waals surface area contributed by atoms with Crippen LogP contribution in [0.3, 0.4) is 0 Å². The minimum Gasteiger partial charge on any atom is -0.488 e. The van der Waals surface area contributed by atoms with Crippen LogP contribution in [0.15, 0.2) is 36.4 Å². The number of aryl methyl sites for hydroxylation is 1. The Labute approximate surface area is 211 Å². The van der Waals surface area contributed by atoms with Crippen molar-refractivity contribution in [3.05, 3.63) is 53.1 Å². The fourth-order valence-electron chi connectivity index (χ4n) is 3.90. The van der Waals surface area contributed by atoms with Gasteiger partial charge in [-0.1, -0.05) is 6.07 Å². The number of nitrogens with two attached hydrogens (primary N) is 1. The van der Waals surface area contributed by atoms with E-state index in [1.807, 2.05) is 27.7 Å². The molecule has 36 heavy (non-hydrogen) atoms. The fraction of sp³-hybridized carbons (Fsp3) is 0.444. The molecule has 9 nitrogen and oxygen atoms in total. The highest BCUT2D eigenvalue weighted by Gasteiger charge is 2.31. The van der Waals surface area contributed by atoms with Crippen LogP contribution in [0.5, 0.6) is 5.75 Å². The Bertz CT molecular complexity index is 1170. The van der Waals surface area contributed by atoms with Gasteiger partial charge in [-0.25, -0.2) is 4.79 Å². The summed E-state index contributed by atoms with van der Waals surface area (Å²) in [6, 6.07) is 10.4. The van der Waals surface area contributed by atoms with Gasteiger partial charge < -0.3 is 30.7 Å². The first kappa shape index (κ1) is 25.3. The molecule has 1 atom stereocenters. The number of rotatable bonds is 6. The van der Waals surface area contributed by atoms with Crippen LogP contribution in [0.4, 0.5) is 16.2 Å². The second-order valence-electron chi connectivity index (χ2n) is 10.4. The van der Waals surface area contributed by atoms with Gasteiger partial charge in [-0.3, -0.25) is 9.59 Å². The van der Waals surface area contributed by atoms with Crippen LogP contribution in [-0.2, 0) is 4.74 Å². The fourth-order valence-corrected chi connectivity index (χ4v) is 3.90. The van der Waals surface area contributed by atoms with Crippen LogP contribution in [0.1, 0.15) is 66.3 Å². The van der Waals surface area contributed by atoms with E-state index in [4.69, 9.17) is 15.2 Å². The second kappa shape index (κ2) is 10.1. The van der Waals surface area contributed by atoms with Gasteiger partial charge in [0.25, 0.3) is 11.8 Å². The molecule has 4 rings (SSSR count). The van der Waals surface area contributed by atoms with E-state index in [0.29, 0.717) is 42.2 Å². The Kier molecular flexibility index (Phi) is 7.10. The molecule has 0 bridgehead atoms. The van der Waals surface area contributed by atoms with Gasteiger partial charge in [-0.05, 0) is 76.4 Å². The number of carbonyl (C=O) groups is 3. The van der Waals surface area contributed by atoms with Crippen molar-refractivity contribution in [2.45, 2.75) is 64.7 Å². The van der Waals surface area contributed by atoms with E-state index in [1.54, 1.807) is 41.3 Å². The summed E-state index contributed by atoms with van der Waals surface area (Å²) in [5.74, 6) is -0.0674. The van der Waals surface area contributed by atoms with E-state index >= 15 is 0 Å². The summed E-state index contributed by atoms with van der Waals surface area (Å²) < 4.78 is 11.5. The lowest BCUT2D eigenvalue weighted by molar-refractivity contribution is 0.0275. The average molecular weight is 495 g/mol. The van der Waals surface area contributed by atoms with Crippen molar-refractivity contribution in [2.75, 3.05) is 24.1 Å². The number of anilines is 2. The summed E-state index contributed by atoms with van der Waals surface area (Å²) >= 11 is 0. The Balaban J connectivity index is 1.41. The zero-order valence-corrected chi connectivity index (χ0v) is 21.2. The largest absolute Gasteiger partial charge is 0.488 e. The number of hydrogen-bond acceptors (Lipinski definition) is 6. The molecule has 1 aliphatic carbocycles. The first-order chi connectivity index (χ1) is 17.0. The number of nitrogen functional groups attached to an aromatic ring is 1. The molecule has 4 N–H and O–H groups in total. The third-order valence-corrected chi connectivity index (χ3v) is 6.03. The molecule has 1 saturated heterocycles. The smallest absolute Gasteiger partial charge is 0.410 e. The monoisotopic (exact) mass is 494 g/mol. The van der Waals surface area contributed by atoms with Crippen molar-refractivity contribution in [1.29, 1.82) is 0 Å². The summed E-state index contributed by atoms with van der Waals surface area (Å²) in [6.45, 7) is 8.28. The number of hydrogen-bond donors (Lipinski definition) is 3. The highest BCUT2D eigenvalue weighted by atomic mass is 16.6. The molecule has 0 spiro atoms. The molecular weight excluding hydrogens is 460 g/mol. The van der Waals surface area contributed by atoms with Gasteiger partial charge in [-0.15, -0.1) is 0 Å². The Morgan fingerprint density at radius 1 is 1.03 bits per heavy atom. The molecule has 192 valence electrons. The maximum atomic E-state index is 13.1. The minimum atomic E-state index is -0.561. The van der Waals surface area contributed by atoms with Gasteiger partial charge >= 0.3 is 6.09 Å². The molecule has 2 aromatic rings. The highest BCUT2D eigenvalue weighted by molar-refractivity contribution is 6.09. The maximum Gasteiger partial charge on any atom is 0.410 e. The number of nitrogens with one attached hydrogen (secondary N) is 2. The molecule has 1 saturated carbocycles. The van der Waals surface area contributed by atoms with E-state index in [9.17, 15) is 14.4 Å². The van der Waals surface area contributed by atoms with Gasteiger partial charge in [0.2, 0.25) is 0 Å². The number of benzene rings is 2. The first-order valence-electron chi connectivity index (χ1n) is 12.3. The number of nitrogens with zero attached hydrogens (tertiary/aromatic N) is 1. The highest BCUT2D eigenvalue weighted by Crippen LogP contribution is 2.26. The van der Waals surface area contributed by atoms with Crippen LogP contribution in [0, 0.1) is 6.92 Å². The molecular formula is C27H34N4O5. The van der Waals surface area contributed by atoms with Crippen molar-refractivity contribution in [3.63, 3.8) is 0 Å². The second-order valence-corrected chi connectivity index (χ2v) is 10.4. The zero-order chi connectivity index (χ0) is 26.0. The third kappa shape index (κ3) is 6.47. The van der Waals surface area contributed by atoms with Crippen molar-refractivity contribution >= 4 is 29.3 Å². The Morgan fingerprint density at radius 3 is 2.47 bits per heavy atom. The maximum absolute atomic E-state index is 13.1. The number of amides is 3. The molecule has 0 unspecified atom stereocenters. The lowest BCUT2D eigenvalue weighted by atomic mass is 10.1. The first-order valence-corrected chi connectivity index (χ1v) is 12.3. The third-order valence-electron chi connectivity index (χ3n) is 6.03. The summed E-state index contributed by atoms with van der Waals surface area (Å²) in [5, 5.41) is 5.83. The molecule has 2 fully saturated rings.